The summed E-state index contributed by atoms with van der Waals surface area (Å²) < 4.78 is 6.50. The lowest BCUT2D eigenvalue weighted by Crippen LogP contribution is -2.31. The molecule has 0 aromatic carbocycles. The van der Waals surface area contributed by atoms with E-state index in [1.807, 2.05) is 0 Å². The summed E-state index contributed by atoms with van der Waals surface area (Å²) in [6.45, 7) is 18.6. The van der Waals surface area contributed by atoms with Crippen molar-refractivity contribution in [3.8, 4) is 0 Å². The van der Waals surface area contributed by atoms with Crippen LogP contribution in [0.2, 0.25) is 12.6 Å². The van der Waals surface area contributed by atoms with Crippen LogP contribution in [-0.2, 0) is 4.65 Å². The highest BCUT2D eigenvalue weighted by atomic mass is 31.1. The van der Waals surface area contributed by atoms with Crippen LogP contribution in [0.25, 0.3) is 0 Å². The molecular weight excluding hydrogens is 262 g/mol. The highest BCUT2D eigenvalue weighted by Gasteiger charge is 2.26. The molecule has 0 amide bonds. The quantitative estimate of drug-likeness (QED) is 0.366. The fourth-order valence-electron chi connectivity index (χ4n) is 1.96. The molecule has 0 rings (SSSR count). The minimum atomic E-state index is 0.130. The fraction of sp³-hybridized carbons (Fsp3) is 0.941. The third-order valence-electron chi connectivity index (χ3n) is 3.12. The summed E-state index contributed by atoms with van der Waals surface area (Å²) >= 11 is 0. The smallest absolute Gasteiger partial charge is 0.300 e. The van der Waals surface area contributed by atoms with Crippen LogP contribution in [0.3, 0.4) is 0 Å². The van der Waals surface area contributed by atoms with E-state index in [9.17, 15) is 0 Å². The molecule has 0 fully saturated rings. The second kappa shape index (κ2) is 9.26. The summed E-state index contributed by atoms with van der Waals surface area (Å²) in [5.74, 6) is 0. The van der Waals surface area contributed by atoms with Gasteiger partial charge in [-0.3, -0.25) is 0 Å². The zero-order valence-electron chi connectivity index (χ0n) is 15.2. The Kier molecular flexibility index (Phi) is 9.35. The first-order valence-corrected chi connectivity index (χ1v) is 9.26. The van der Waals surface area contributed by atoms with Gasteiger partial charge in [0.15, 0.2) is 0 Å². The maximum atomic E-state index is 6.50. The van der Waals surface area contributed by atoms with Crippen molar-refractivity contribution in [2.24, 2.45) is 5.41 Å². The zero-order chi connectivity index (χ0) is 15.8. The lowest BCUT2D eigenvalue weighted by atomic mass is 9.59. The topological polar surface area (TPSA) is 9.23 Å². The summed E-state index contributed by atoms with van der Waals surface area (Å²) in [7, 11) is 1.34. The number of rotatable bonds is 8. The van der Waals surface area contributed by atoms with E-state index in [0.29, 0.717) is 6.92 Å². The standard InChI is InChI=1S/C17H36BOP/c1-9-11-13-18(14-12-10-2)19-15(16(3,4)5)20-17(6,7)8/h9-14H2,1-8H3. The molecule has 0 heterocycles. The van der Waals surface area contributed by atoms with E-state index in [0.717, 1.165) is 0 Å². The minimum absolute atomic E-state index is 0.130. The third-order valence-corrected chi connectivity index (χ3v) is 4.77. The molecule has 1 nitrogen and oxygen atoms in total. The van der Waals surface area contributed by atoms with Crippen molar-refractivity contribution >= 4 is 20.6 Å². The van der Waals surface area contributed by atoms with E-state index in [2.05, 4.69) is 55.4 Å². The fourth-order valence-corrected chi connectivity index (χ4v) is 3.11. The number of unbranched alkanes of at least 4 members (excludes halogenated alkanes) is 2. The van der Waals surface area contributed by atoms with Gasteiger partial charge in [-0.1, -0.05) is 89.3 Å². The number of hydrogen-bond donors (Lipinski definition) is 0. The normalized spacial score (nSPS) is 13.7. The molecule has 0 atom stereocenters. The van der Waals surface area contributed by atoms with E-state index in [1.54, 1.807) is 0 Å². The first kappa shape index (κ1) is 20.2. The summed E-state index contributed by atoms with van der Waals surface area (Å²) in [6.07, 6.45) is 7.48. The Labute approximate surface area is 130 Å². The molecule has 0 aromatic rings. The van der Waals surface area contributed by atoms with Crippen molar-refractivity contribution in [1.29, 1.82) is 0 Å². The van der Waals surface area contributed by atoms with E-state index in [4.69, 9.17) is 4.65 Å². The molecule has 0 spiro atoms. The van der Waals surface area contributed by atoms with Crippen LogP contribution in [0, 0.1) is 5.41 Å². The van der Waals surface area contributed by atoms with Crippen molar-refractivity contribution in [2.75, 3.05) is 0 Å². The second-order valence-electron chi connectivity index (χ2n) is 7.86. The summed E-state index contributed by atoms with van der Waals surface area (Å²) in [6, 6.07) is 0. The summed E-state index contributed by atoms with van der Waals surface area (Å²) in [5, 5.41) is 0.267. The van der Waals surface area contributed by atoms with Gasteiger partial charge in [-0.2, -0.15) is 0 Å². The van der Waals surface area contributed by atoms with Crippen molar-refractivity contribution in [3.63, 3.8) is 0 Å². The van der Waals surface area contributed by atoms with Gasteiger partial charge in [0, 0.05) is 10.6 Å². The van der Waals surface area contributed by atoms with Gasteiger partial charge in [-0.15, -0.1) is 0 Å². The van der Waals surface area contributed by atoms with Crippen LogP contribution in [0.15, 0.2) is 0 Å². The van der Waals surface area contributed by atoms with Crippen molar-refractivity contribution in [1.82, 2.24) is 0 Å². The van der Waals surface area contributed by atoms with Crippen molar-refractivity contribution in [2.45, 2.75) is 98.9 Å². The molecule has 0 aliphatic carbocycles. The van der Waals surface area contributed by atoms with Crippen LogP contribution >= 0.6 is 8.20 Å². The molecule has 20 heavy (non-hydrogen) atoms. The molecule has 0 saturated heterocycles. The first-order chi connectivity index (χ1) is 9.10. The van der Waals surface area contributed by atoms with Crippen LogP contribution in [0.1, 0.15) is 81.1 Å². The van der Waals surface area contributed by atoms with Crippen LogP contribution in [-0.4, -0.2) is 17.6 Å². The van der Waals surface area contributed by atoms with Gasteiger partial charge >= 0.3 is 6.92 Å². The van der Waals surface area contributed by atoms with E-state index in [1.165, 1.54) is 52.0 Å². The molecule has 0 radical (unpaired) electrons. The Hall–Kier alpha value is 0.195. The predicted octanol–water partition coefficient (Wildman–Crippen LogP) is 6.52. The zero-order valence-corrected chi connectivity index (χ0v) is 16.1. The predicted molar refractivity (Wildman–Crippen MR) is 97.4 cm³/mol. The van der Waals surface area contributed by atoms with Crippen molar-refractivity contribution in [3.05, 3.63) is 0 Å². The van der Waals surface area contributed by atoms with Gasteiger partial charge in [0.05, 0.1) is 5.48 Å². The van der Waals surface area contributed by atoms with Gasteiger partial charge in [0.1, 0.15) is 0 Å². The Morgan fingerprint density at radius 1 is 0.900 bits per heavy atom. The minimum Gasteiger partial charge on any atom is -0.404 e. The summed E-state index contributed by atoms with van der Waals surface area (Å²) in [4.78, 5) is 0. The first-order valence-electron chi connectivity index (χ1n) is 8.37. The van der Waals surface area contributed by atoms with Gasteiger partial charge in [0.25, 0.3) is 0 Å². The molecule has 0 aliphatic heterocycles. The van der Waals surface area contributed by atoms with Crippen molar-refractivity contribution < 1.29 is 4.65 Å². The third kappa shape index (κ3) is 10.00. The maximum absolute atomic E-state index is 6.50. The lowest BCUT2D eigenvalue weighted by molar-refractivity contribution is 0.447. The average molecular weight is 298 g/mol. The van der Waals surface area contributed by atoms with Gasteiger partial charge in [-0.05, 0) is 12.6 Å². The van der Waals surface area contributed by atoms with Crippen LogP contribution < -0.4 is 0 Å². The SMILES string of the molecule is CCCCB(CCCC)OC(=PC(C)(C)C)C(C)(C)C. The molecule has 0 aliphatic rings. The molecule has 0 aromatic heterocycles. The average Bonchev–Trinajstić information content (AvgIpc) is 2.28. The highest BCUT2D eigenvalue weighted by Crippen LogP contribution is 2.32. The molecule has 3 heteroatoms. The van der Waals surface area contributed by atoms with E-state index < -0.39 is 0 Å². The highest BCUT2D eigenvalue weighted by molar-refractivity contribution is 7.42. The van der Waals surface area contributed by atoms with Gasteiger partial charge in [0.2, 0.25) is 0 Å². The van der Waals surface area contributed by atoms with Crippen LogP contribution in [0.4, 0.5) is 0 Å². The van der Waals surface area contributed by atoms with Gasteiger partial charge < -0.3 is 4.65 Å². The molecule has 0 unspecified atom stereocenters. The Bertz CT molecular complexity index is 278. The van der Waals surface area contributed by atoms with E-state index >= 15 is 0 Å². The Morgan fingerprint density at radius 3 is 1.65 bits per heavy atom. The molecule has 0 bridgehead atoms. The monoisotopic (exact) mass is 298 g/mol. The molecular formula is C17H36BOP. The van der Waals surface area contributed by atoms with Crippen LogP contribution in [0.5, 0.6) is 0 Å². The Balaban J connectivity index is 4.93. The molecule has 0 saturated carbocycles. The Morgan fingerprint density at radius 2 is 1.35 bits per heavy atom. The lowest BCUT2D eigenvalue weighted by Gasteiger charge is -2.28. The second-order valence-corrected chi connectivity index (χ2v) is 9.83. The van der Waals surface area contributed by atoms with Gasteiger partial charge in [-0.25, -0.2) is 0 Å². The summed E-state index contributed by atoms with van der Waals surface area (Å²) in [5.41, 5.74) is 1.40. The van der Waals surface area contributed by atoms with E-state index in [-0.39, 0.29) is 10.6 Å². The largest absolute Gasteiger partial charge is 0.404 e. The maximum Gasteiger partial charge on any atom is 0.300 e. The molecule has 0 N–H and O–H groups in total. The number of hydrogen-bond acceptors (Lipinski definition) is 1. The molecule has 118 valence electrons.